The molecule has 0 heterocycles. The first-order chi connectivity index (χ1) is 8.86. The van der Waals surface area contributed by atoms with Crippen LogP contribution >= 0.6 is 0 Å². The lowest BCUT2D eigenvalue weighted by atomic mass is 9.86. The highest BCUT2D eigenvalue weighted by Gasteiger charge is 2.15. The Morgan fingerprint density at radius 3 is 2.32 bits per heavy atom. The molecule has 0 aliphatic heterocycles. The van der Waals surface area contributed by atoms with Gasteiger partial charge >= 0.3 is 5.97 Å². The van der Waals surface area contributed by atoms with Crippen molar-refractivity contribution in [2.75, 3.05) is 0 Å². The van der Waals surface area contributed by atoms with Crippen molar-refractivity contribution < 1.29 is 9.90 Å². The van der Waals surface area contributed by atoms with Crippen LogP contribution in [-0.2, 0) is 10.2 Å². The highest BCUT2D eigenvalue weighted by molar-refractivity contribution is 5.83. The van der Waals surface area contributed by atoms with Crippen molar-refractivity contribution in [3.8, 4) is 0 Å². The zero-order chi connectivity index (χ0) is 14.0. The van der Waals surface area contributed by atoms with Crippen molar-refractivity contribution in [2.24, 2.45) is 0 Å². The van der Waals surface area contributed by atoms with E-state index >= 15 is 0 Å². The summed E-state index contributed by atoms with van der Waals surface area (Å²) in [5, 5.41) is 8.75. The molecule has 100 valence electrons. The maximum Gasteiger partial charge on any atom is 0.328 e. The van der Waals surface area contributed by atoms with Crippen LogP contribution in [0.25, 0.3) is 5.57 Å². The molecular weight excluding hydrogens is 236 g/mol. The lowest BCUT2D eigenvalue weighted by molar-refractivity contribution is -0.131. The van der Waals surface area contributed by atoms with Crippen LogP contribution in [0.3, 0.4) is 0 Å². The van der Waals surface area contributed by atoms with Crippen molar-refractivity contribution in [3.05, 3.63) is 53.1 Å². The minimum absolute atomic E-state index is 0.164. The lowest BCUT2D eigenvalue weighted by Gasteiger charge is -2.19. The quantitative estimate of drug-likeness (QED) is 0.806. The fourth-order valence-corrected chi connectivity index (χ4v) is 2.33. The fourth-order valence-electron chi connectivity index (χ4n) is 2.33. The van der Waals surface area contributed by atoms with Gasteiger partial charge in [0.15, 0.2) is 0 Å². The molecule has 1 aliphatic carbocycles. The highest BCUT2D eigenvalue weighted by Crippen LogP contribution is 2.32. The van der Waals surface area contributed by atoms with Gasteiger partial charge in [0.1, 0.15) is 0 Å². The maximum absolute atomic E-state index is 10.6. The van der Waals surface area contributed by atoms with E-state index in [1.165, 1.54) is 22.8 Å². The van der Waals surface area contributed by atoms with Gasteiger partial charge in [-0.15, -0.1) is 0 Å². The maximum atomic E-state index is 10.6. The molecule has 0 atom stereocenters. The van der Waals surface area contributed by atoms with E-state index in [2.05, 4.69) is 45.0 Å². The molecule has 2 heteroatoms. The third-order valence-electron chi connectivity index (χ3n) is 3.47. The van der Waals surface area contributed by atoms with Crippen LogP contribution in [0.2, 0.25) is 0 Å². The Morgan fingerprint density at radius 2 is 1.79 bits per heavy atom. The zero-order valence-electron chi connectivity index (χ0n) is 11.7. The summed E-state index contributed by atoms with van der Waals surface area (Å²) in [6.45, 7) is 6.60. The number of aliphatic carboxylic acids is 1. The molecule has 0 saturated heterocycles. The smallest absolute Gasteiger partial charge is 0.328 e. The Labute approximate surface area is 114 Å². The van der Waals surface area contributed by atoms with Crippen molar-refractivity contribution in [2.45, 2.75) is 39.0 Å². The summed E-state index contributed by atoms with van der Waals surface area (Å²) in [5.41, 5.74) is 4.81. The van der Waals surface area contributed by atoms with Crippen molar-refractivity contribution in [3.63, 3.8) is 0 Å². The number of hydrogen-bond donors (Lipinski definition) is 1. The molecule has 0 unspecified atom stereocenters. The highest BCUT2D eigenvalue weighted by atomic mass is 16.4. The first kappa shape index (κ1) is 13.6. The standard InChI is InChI=1S/C17H20O2/c1-17(2,3)15-8-6-13(7-9-15)14-5-4-12(10-14)11-16(18)19/h6-11H,4-5H2,1-3H3,(H,18,19)/b12-11+. The van der Waals surface area contributed by atoms with Crippen molar-refractivity contribution in [1.82, 2.24) is 0 Å². The predicted octanol–water partition coefficient (Wildman–Crippen LogP) is 4.17. The first-order valence-corrected chi connectivity index (χ1v) is 6.61. The number of benzene rings is 1. The van der Waals surface area contributed by atoms with E-state index in [-0.39, 0.29) is 5.41 Å². The van der Waals surface area contributed by atoms with E-state index in [1.807, 2.05) is 6.08 Å². The number of carboxylic acids is 1. The summed E-state index contributed by atoms with van der Waals surface area (Å²) in [6, 6.07) is 8.59. The van der Waals surface area contributed by atoms with Gasteiger partial charge in [-0.1, -0.05) is 51.1 Å². The number of allylic oxidation sites excluding steroid dienone is 3. The van der Waals surface area contributed by atoms with E-state index in [9.17, 15) is 4.79 Å². The molecule has 2 rings (SSSR count). The van der Waals surface area contributed by atoms with E-state index in [4.69, 9.17) is 5.11 Å². The van der Waals surface area contributed by atoms with Crippen LogP contribution < -0.4 is 0 Å². The molecule has 19 heavy (non-hydrogen) atoms. The molecule has 0 amide bonds. The summed E-state index contributed by atoms with van der Waals surface area (Å²) in [4.78, 5) is 10.6. The summed E-state index contributed by atoms with van der Waals surface area (Å²) >= 11 is 0. The zero-order valence-corrected chi connectivity index (χ0v) is 11.7. The van der Waals surface area contributed by atoms with Gasteiger partial charge in [-0.25, -0.2) is 4.79 Å². The van der Waals surface area contributed by atoms with E-state index in [1.54, 1.807) is 0 Å². The second-order valence-corrected chi connectivity index (χ2v) is 6.05. The molecule has 0 fully saturated rings. The van der Waals surface area contributed by atoms with Crippen LogP contribution in [0.4, 0.5) is 0 Å². The first-order valence-electron chi connectivity index (χ1n) is 6.61. The predicted molar refractivity (Wildman–Crippen MR) is 78.1 cm³/mol. The molecule has 2 nitrogen and oxygen atoms in total. The number of carbonyl (C=O) groups is 1. The van der Waals surface area contributed by atoms with Crippen LogP contribution in [0.1, 0.15) is 44.7 Å². The van der Waals surface area contributed by atoms with Gasteiger partial charge in [0.05, 0.1) is 0 Å². The average molecular weight is 256 g/mol. The molecule has 0 saturated carbocycles. The minimum Gasteiger partial charge on any atom is -0.478 e. The number of carboxylic acid groups (broad SMARTS) is 1. The van der Waals surface area contributed by atoms with Gasteiger partial charge in [0, 0.05) is 6.08 Å². The SMILES string of the molecule is CC(C)(C)c1ccc(C2=C/C(=C/C(=O)O)CC2)cc1. The summed E-state index contributed by atoms with van der Waals surface area (Å²) in [7, 11) is 0. The molecule has 1 aromatic rings. The van der Waals surface area contributed by atoms with Gasteiger partial charge in [-0.2, -0.15) is 0 Å². The monoisotopic (exact) mass is 256 g/mol. The second-order valence-electron chi connectivity index (χ2n) is 6.05. The summed E-state index contributed by atoms with van der Waals surface area (Å²) in [5.74, 6) is -0.865. The molecule has 0 radical (unpaired) electrons. The van der Waals surface area contributed by atoms with Crippen molar-refractivity contribution in [1.29, 1.82) is 0 Å². The van der Waals surface area contributed by atoms with Crippen molar-refractivity contribution >= 4 is 11.5 Å². The van der Waals surface area contributed by atoms with Crippen LogP contribution in [0.5, 0.6) is 0 Å². The third kappa shape index (κ3) is 3.34. The second kappa shape index (κ2) is 5.04. The van der Waals surface area contributed by atoms with Crippen LogP contribution in [0.15, 0.2) is 42.0 Å². The molecular formula is C17H20O2. The Morgan fingerprint density at radius 1 is 1.16 bits per heavy atom. The Bertz CT molecular complexity index is 540. The fraction of sp³-hybridized carbons (Fsp3) is 0.353. The van der Waals surface area contributed by atoms with Crippen LogP contribution in [0, 0.1) is 0 Å². The molecule has 0 spiro atoms. The Kier molecular flexibility index (Phi) is 3.61. The van der Waals surface area contributed by atoms with Gasteiger partial charge in [-0.3, -0.25) is 0 Å². The molecule has 1 aliphatic rings. The van der Waals surface area contributed by atoms with E-state index < -0.39 is 5.97 Å². The minimum atomic E-state index is -0.865. The number of hydrogen-bond acceptors (Lipinski definition) is 1. The molecule has 0 aromatic heterocycles. The van der Waals surface area contributed by atoms with E-state index in [0.29, 0.717) is 0 Å². The average Bonchev–Trinajstić information content (AvgIpc) is 2.75. The Balaban J connectivity index is 2.23. The summed E-state index contributed by atoms with van der Waals surface area (Å²) in [6.07, 6.45) is 5.05. The van der Waals surface area contributed by atoms with Gasteiger partial charge in [0.2, 0.25) is 0 Å². The lowest BCUT2D eigenvalue weighted by Crippen LogP contribution is -2.10. The van der Waals surface area contributed by atoms with Gasteiger partial charge < -0.3 is 5.11 Å². The van der Waals surface area contributed by atoms with E-state index in [0.717, 1.165) is 18.4 Å². The molecule has 1 N–H and O–H groups in total. The number of rotatable bonds is 2. The van der Waals surface area contributed by atoms with Crippen LogP contribution in [-0.4, -0.2) is 11.1 Å². The topological polar surface area (TPSA) is 37.3 Å². The molecule has 1 aromatic carbocycles. The molecule has 0 bridgehead atoms. The Hall–Kier alpha value is -1.83. The third-order valence-corrected chi connectivity index (χ3v) is 3.47. The summed E-state index contributed by atoms with van der Waals surface area (Å²) < 4.78 is 0. The van der Waals surface area contributed by atoms with Gasteiger partial charge in [0.25, 0.3) is 0 Å². The van der Waals surface area contributed by atoms with Gasteiger partial charge in [-0.05, 0) is 40.5 Å². The normalized spacial score (nSPS) is 17.6. The largest absolute Gasteiger partial charge is 0.478 e.